The van der Waals surface area contributed by atoms with E-state index in [1.54, 1.807) is 12.1 Å². The molecule has 32 heavy (non-hydrogen) atoms. The maximum atomic E-state index is 14.4. The summed E-state index contributed by atoms with van der Waals surface area (Å²) in [6, 6.07) is 12.3. The molecule has 0 unspecified atom stereocenters. The highest BCUT2D eigenvalue weighted by atomic mass is 19.1. The van der Waals surface area contributed by atoms with Crippen LogP contribution in [0.5, 0.6) is 11.5 Å². The number of hydrogen-bond acceptors (Lipinski definition) is 4. The van der Waals surface area contributed by atoms with Gasteiger partial charge in [0.05, 0.1) is 25.7 Å². The Bertz CT molecular complexity index is 947. The van der Waals surface area contributed by atoms with Crippen LogP contribution in [0.2, 0.25) is 0 Å². The Morgan fingerprint density at radius 2 is 1.88 bits per heavy atom. The molecule has 2 saturated carbocycles. The fourth-order valence-electron chi connectivity index (χ4n) is 4.87. The fourth-order valence-corrected chi connectivity index (χ4v) is 4.87. The molecule has 172 valence electrons. The highest BCUT2D eigenvalue weighted by molar-refractivity contribution is 5.68. The van der Waals surface area contributed by atoms with Gasteiger partial charge in [-0.15, -0.1) is 0 Å². The fraction of sp³-hybridized carbons (Fsp3) is 0.500. The number of hydrogen-bond donors (Lipinski definition) is 2. The molecule has 0 bridgehead atoms. The predicted octanol–water partition coefficient (Wildman–Crippen LogP) is 5.26. The first kappa shape index (κ1) is 22.6. The second-order valence-electron chi connectivity index (χ2n) is 9.25. The van der Waals surface area contributed by atoms with E-state index < -0.39 is 17.4 Å². The van der Waals surface area contributed by atoms with Crippen LogP contribution in [0, 0.1) is 17.7 Å². The van der Waals surface area contributed by atoms with Crippen molar-refractivity contribution in [1.29, 1.82) is 0 Å². The topological polar surface area (TPSA) is 76.0 Å². The Morgan fingerprint density at radius 1 is 1.12 bits per heavy atom. The number of carbonyl (C=O) groups is 1. The zero-order valence-electron chi connectivity index (χ0n) is 18.4. The van der Waals surface area contributed by atoms with E-state index in [4.69, 9.17) is 9.47 Å². The number of aliphatic hydroxyl groups is 1. The molecule has 5 nitrogen and oxygen atoms in total. The van der Waals surface area contributed by atoms with Gasteiger partial charge in [0.15, 0.2) is 0 Å². The first-order valence-electron chi connectivity index (χ1n) is 11.4. The van der Waals surface area contributed by atoms with E-state index in [-0.39, 0.29) is 18.3 Å². The van der Waals surface area contributed by atoms with E-state index in [0.717, 1.165) is 37.0 Å². The lowest BCUT2D eigenvalue weighted by atomic mass is 9.75. The highest BCUT2D eigenvalue weighted by Crippen LogP contribution is 2.45. The van der Waals surface area contributed by atoms with Crippen molar-refractivity contribution >= 4 is 5.97 Å². The van der Waals surface area contributed by atoms with Gasteiger partial charge in [0.1, 0.15) is 17.3 Å². The molecule has 0 aromatic heterocycles. The van der Waals surface area contributed by atoms with Crippen LogP contribution >= 0.6 is 0 Å². The maximum absolute atomic E-state index is 14.4. The minimum Gasteiger partial charge on any atom is -0.497 e. The summed E-state index contributed by atoms with van der Waals surface area (Å²) in [5, 5.41) is 20.3. The molecule has 0 amide bonds. The normalized spacial score (nSPS) is 24.0. The van der Waals surface area contributed by atoms with E-state index in [0.29, 0.717) is 36.7 Å². The number of rotatable bonds is 9. The van der Waals surface area contributed by atoms with Gasteiger partial charge in [-0.1, -0.05) is 12.1 Å². The van der Waals surface area contributed by atoms with E-state index in [9.17, 15) is 19.4 Å². The molecule has 2 aliphatic rings. The Kier molecular flexibility index (Phi) is 6.70. The monoisotopic (exact) mass is 442 g/mol. The Hall–Kier alpha value is -2.60. The molecule has 4 rings (SSSR count). The highest BCUT2D eigenvalue weighted by Gasteiger charge is 2.37. The second kappa shape index (κ2) is 9.49. The van der Waals surface area contributed by atoms with Crippen molar-refractivity contribution < 1.29 is 28.9 Å². The minimum absolute atomic E-state index is 0.0403. The third kappa shape index (κ3) is 5.23. The van der Waals surface area contributed by atoms with Crippen molar-refractivity contribution in [2.75, 3.05) is 13.7 Å². The Balaban J connectivity index is 1.35. The summed E-state index contributed by atoms with van der Waals surface area (Å²) >= 11 is 0. The lowest BCUT2D eigenvalue weighted by Crippen LogP contribution is -2.34. The number of aliphatic carboxylic acids is 1. The van der Waals surface area contributed by atoms with Crippen molar-refractivity contribution in [2.45, 2.75) is 56.5 Å². The lowest BCUT2D eigenvalue weighted by Gasteiger charge is -2.36. The Labute approximate surface area is 188 Å². The Morgan fingerprint density at radius 3 is 2.53 bits per heavy atom. The number of carboxylic acids is 1. The van der Waals surface area contributed by atoms with Crippen LogP contribution in [0.4, 0.5) is 4.39 Å². The molecule has 6 heteroatoms. The van der Waals surface area contributed by atoms with Crippen molar-refractivity contribution in [3.05, 3.63) is 59.4 Å². The molecule has 0 radical (unpaired) electrons. The van der Waals surface area contributed by atoms with Crippen LogP contribution < -0.4 is 9.47 Å². The van der Waals surface area contributed by atoms with Crippen molar-refractivity contribution in [2.24, 2.45) is 11.8 Å². The maximum Gasteiger partial charge on any atom is 0.303 e. The van der Waals surface area contributed by atoms with E-state index in [1.165, 1.54) is 13.2 Å². The summed E-state index contributed by atoms with van der Waals surface area (Å²) in [5.41, 5.74) is 0.135. The van der Waals surface area contributed by atoms with Crippen LogP contribution in [0.3, 0.4) is 0 Å². The molecule has 1 atom stereocenters. The summed E-state index contributed by atoms with van der Waals surface area (Å²) < 4.78 is 25.6. The molecule has 2 fully saturated rings. The van der Waals surface area contributed by atoms with Crippen LogP contribution in [0.25, 0.3) is 0 Å². The summed E-state index contributed by atoms with van der Waals surface area (Å²) in [7, 11) is 1.53. The van der Waals surface area contributed by atoms with Gasteiger partial charge in [-0.25, -0.2) is 4.39 Å². The quantitative estimate of drug-likeness (QED) is 0.554. The molecule has 0 heterocycles. The van der Waals surface area contributed by atoms with Crippen LogP contribution in [0.15, 0.2) is 42.5 Å². The molecule has 2 N–H and O–H groups in total. The number of halogens is 1. The minimum atomic E-state index is -1.19. The predicted molar refractivity (Wildman–Crippen MR) is 118 cm³/mol. The lowest BCUT2D eigenvalue weighted by molar-refractivity contribution is -0.137. The van der Waals surface area contributed by atoms with E-state index in [1.807, 2.05) is 24.3 Å². The molecule has 2 aliphatic carbocycles. The number of methoxy groups -OCH3 is 1. The standard InChI is InChI=1S/C26H31FO5/c1-31-20-7-8-24(27)23(14-20)26(30)11-9-17(10-12-26)16-32-21-4-2-3-19(13-21)22(15-25(28)29)18-5-6-18/h2-4,7-8,13-14,17-18,22,30H,5-6,9-12,15-16H2,1H3,(H,28,29)/t17-,22-,26-/m0/s1. The van der Waals surface area contributed by atoms with Gasteiger partial charge in [0, 0.05) is 5.56 Å². The zero-order valence-corrected chi connectivity index (χ0v) is 18.4. The van der Waals surface area contributed by atoms with Gasteiger partial charge < -0.3 is 19.7 Å². The number of benzene rings is 2. The van der Waals surface area contributed by atoms with Crippen molar-refractivity contribution in [1.82, 2.24) is 0 Å². The van der Waals surface area contributed by atoms with E-state index >= 15 is 0 Å². The van der Waals surface area contributed by atoms with Gasteiger partial charge in [-0.3, -0.25) is 4.79 Å². The molecule has 2 aromatic rings. The van der Waals surface area contributed by atoms with Gasteiger partial charge in [-0.2, -0.15) is 0 Å². The van der Waals surface area contributed by atoms with Gasteiger partial charge in [0.25, 0.3) is 0 Å². The molecular weight excluding hydrogens is 411 g/mol. The van der Waals surface area contributed by atoms with Gasteiger partial charge in [0.2, 0.25) is 0 Å². The first-order chi connectivity index (χ1) is 15.4. The van der Waals surface area contributed by atoms with Crippen LogP contribution in [-0.4, -0.2) is 29.9 Å². The van der Waals surface area contributed by atoms with Crippen molar-refractivity contribution in [3.63, 3.8) is 0 Å². The average Bonchev–Trinajstić information content (AvgIpc) is 3.63. The summed E-state index contributed by atoms with van der Waals surface area (Å²) in [6.45, 7) is 0.521. The van der Waals surface area contributed by atoms with Gasteiger partial charge in [-0.05, 0) is 92.2 Å². The smallest absolute Gasteiger partial charge is 0.303 e. The molecular formula is C26H31FO5. The average molecular weight is 443 g/mol. The summed E-state index contributed by atoms with van der Waals surface area (Å²) in [4.78, 5) is 11.3. The summed E-state index contributed by atoms with van der Waals surface area (Å²) in [6.07, 6.45) is 4.72. The number of carboxylic acid groups (broad SMARTS) is 1. The summed E-state index contributed by atoms with van der Waals surface area (Å²) in [5.74, 6) is 0.867. The van der Waals surface area contributed by atoms with E-state index in [2.05, 4.69) is 0 Å². The van der Waals surface area contributed by atoms with Crippen LogP contribution in [-0.2, 0) is 10.4 Å². The molecule has 2 aromatic carbocycles. The van der Waals surface area contributed by atoms with Crippen molar-refractivity contribution in [3.8, 4) is 11.5 Å². The van der Waals surface area contributed by atoms with Gasteiger partial charge >= 0.3 is 5.97 Å². The molecule has 0 saturated heterocycles. The SMILES string of the molecule is COc1ccc(F)c([C@]2(O)CC[C@H](COc3cccc([C@@H](CC(=O)O)C4CC4)c3)CC2)c1. The second-order valence-corrected chi connectivity index (χ2v) is 9.25. The molecule has 0 aliphatic heterocycles. The largest absolute Gasteiger partial charge is 0.497 e. The third-order valence-corrected chi connectivity index (χ3v) is 6.96. The molecule has 0 spiro atoms. The zero-order chi connectivity index (χ0) is 22.7. The number of ether oxygens (including phenoxy) is 2. The van der Waals surface area contributed by atoms with Crippen LogP contribution in [0.1, 0.15) is 62.0 Å². The first-order valence-corrected chi connectivity index (χ1v) is 11.4. The third-order valence-electron chi connectivity index (χ3n) is 6.96.